The first-order chi connectivity index (χ1) is 14.2. The number of rotatable bonds is 10. The van der Waals surface area contributed by atoms with Crippen LogP contribution in [0, 0.1) is 5.82 Å². The molecule has 0 aliphatic heterocycles. The number of halogens is 2. The smallest absolute Gasteiger partial charge is 0.332 e. The van der Waals surface area contributed by atoms with Crippen molar-refractivity contribution in [1.82, 2.24) is 5.32 Å². The van der Waals surface area contributed by atoms with Crippen LogP contribution in [0.5, 0.6) is 0 Å². The third kappa shape index (κ3) is 6.77. The fourth-order valence-electron chi connectivity index (χ4n) is 2.89. The number of hydrogen-bond acceptors (Lipinski definition) is 5. The highest BCUT2D eigenvalue weighted by atomic mass is 35.5. The van der Waals surface area contributed by atoms with E-state index in [1.54, 1.807) is 31.2 Å². The summed E-state index contributed by atoms with van der Waals surface area (Å²) in [7, 11) is 0. The summed E-state index contributed by atoms with van der Waals surface area (Å²) < 4.78 is 18.9. The number of hydrogen-bond donors (Lipinski definition) is 4. The lowest BCUT2D eigenvalue weighted by atomic mass is 9.97. The highest BCUT2D eigenvalue weighted by molar-refractivity contribution is 6.30. The predicted molar refractivity (Wildman–Crippen MR) is 108 cm³/mol. The minimum Gasteiger partial charge on any atom is -0.479 e. The van der Waals surface area contributed by atoms with E-state index in [1.807, 2.05) is 0 Å². The molecule has 2 aromatic rings. The van der Waals surface area contributed by atoms with Crippen LogP contribution < -0.4 is 5.32 Å². The molecule has 1 amide bonds. The Labute approximate surface area is 178 Å². The third-order valence-corrected chi connectivity index (χ3v) is 4.60. The monoisotopic (exact) mass is 439 g/mol. The van der Waals surface area contributed by atoms with Gasteiger partial charge in [0, 0.05) is 29.7 Å². The van der Waals surface area contributed by atoms with E-state index in [4.69, 9.17) is 21.4 Å². The Morgan fingerprint density at radius 1 is 1.17 bits per heavy atom. The van der Waals surface area contributed by atoms with E-state index < -0.39 is 36.1 Å². The molecule has 30 heavy (non-hydrogen) atoms. The number of aliphatic hydroxyl groups is 2. The summed E-state index contributed by atoms with van der Waals surface area (Å²) in [5, 5.41) is 31.1. The van der Waals surface area contributed by atoms with E-state index in [9.17, 15) is 24.2 Å². The van der Waals surface area contributed by atoms with E-state index in [1.165, 1.54) is 18.2 Å². The Morgan fingerprint density at radius 3 is 2.43 bits per heavy atom. The molecule has 9 heteroatoms. The molecule has 0 heterocycles. The molecule has 0 aliphatic carbocycles. The van der Waals surface area contributed by atoms with Crippen LogP contribution in [0.15, 0.2) is 42.5 Å². The Morgan fingerprint density at radius 2 is 1.83 bits per heavy atom. The van der Waals surface area contributed by atoms with Gasteiger partial charge in [-0.1, -0.05) is 35.9 Å². The SMILES string of the molecule is CCOC(O)C(=O)N[C@H](Cc1ccc(-c2cc(Cl)ccc2F)cc1)C[C@@H](O)C(=O)O. The Kier molecular flexibility index (Phi) is 8.73. The highest BCUT2D eigenvalue weighted by Crippen LogP contribution is 2.26. The van der Waals surface area contributed by atoms with Crippen LogP contribution in [0.1, 0.15) is 18.9 Å². The van der Waals surface area contributed by atoms with Crippen molar-refractivity contribution in [2.24, 2.45) is 0 Å². The fraction of sp³-hybridized carbons (Fsp3) is 0.333. The number of carboxylic acid groups (broad SMARTS) is 1. The quantitative estimate of drug-likeness (QED) is 0.422. The number of carbonyl (C=O) groups is 2. The third-order valence-electron chi connectivity index (χ3n) is 4.36. The maximum absolute atomic E-state index is 14.0. The molecule has 4 N–H and O–H groups in total. The van der Waals surface area contributed by atoms with Crippen molar-refractivity contribution in [3.63, 3.8) is 0 Å². The van der Waals surface area contributed by atoms with E-state index in [0.29, 0.717) is 21.7 Å². The summed E-state index contributed by atoms with van der Waals surface area (Å²) in [6.45, 7) is 1.71. The lowest BCUT2D eigenvalue weighted by Gasteiger charge is -2.22. The summed E-state index contributed by atoms with van der Waals surface area (Å²) in [6.07, 6.45) is -3.50. The van der Waals surface area contributed by atoms with Crippen LogP contribution in [0.3, 0.4) is 0 Å². The predicted octanol–water partition coefficient (Wildman–Crippen LogP) is 2.36. The van der Waals surface area contributed by atoms with E-state index in [-0.39, 0.29) is 19.4 Å². The maximum atomic E-state index is 14.0. The molecule has 7 nitrogen and oxygen atoms in total. The van der Waals surface area contributed by atoms with Gasteiger partial charge in [-0.25, -0.2) is 9.18 Å². The molecule has 0 bridgehead atoms. The molecule has 162 valence electrons. The van der Waals surface area contributed by atoms with Crippen molar-refractivity contribution in [3.8, 4) is 11.1 Å². The number of benzene rings is 2. The molecule has 0 saturated heterocycles. The summed E-state index contributed by atoms with van der Waals surface area (Å²) >= 11 is 5.93. The first kappa shape index (κ1) is 23.8. The summed E-state index contributed by atoms with van der Waals surface area (Å²) in [5.74, 6) is -2.68. The van der Waals surface area contributed by atoms with Gasteiger partial charge >= 0.3 is 5.97 Å². The standard InChI is InChI=1S/C21H23ClFNO6/c1-2-30-21(29)19(26)24-15(11-18(25)20(27)28)9-12-3-5-13(6-4-12)16-10-14(22)7-8-17(16)23/h3-8,10,15,18,21,25,29H,2,9,11H2,1H3,(H,24,26)(H,27,28)/t15-,18-,21?/m1/s1. The molecule has 2 rings (SSSR count). The number of carbonyl (C=O) groups excluding carboxylic acids is 1. The van der Waals surface area contributed by atoms with Crippen molar-refractivity contribution < 1.29 is 34.0 Å². The summed E-state index contributed by atoms with van der Waals surface area (Å²) in [4.78, 5) is 23.0. The second-order valence-electron chi connectivity index (χ2n) is 6.63. The molecule has 0 saturated carbocycles. The second-order valence-corrected chi connectivity index (χ2v) is 7.06. The largest absolute Gasteiger partial charge is 0.479 e. The number of carboxylic acids is 1. The van der Waals surface area contributed by atoms with Crippen molar-refractivity contribution in [3.05, 3.63) is 58.9 Å². The first-order valence-electron chi connectivity index (χ1n) is 9.26. The molecule has 2 aromatic carbocycles. The zero-order valence-corrected chi connectivity index (χ0v) is 17.0. The van der Waals surface area contributed by atoms with Crippen LogP contribution in [-0.2, 0) is 20.7 Å². The summed E-state index contributed by atoms with van der Waals surface area (Å²) in [5.41, 5.74) is 1.63. The molecule has 0 radical (unpaired) electrons. The molecule has 1 unspecified atom stereocenters. The van der Waals surface area contributed by atoms with Gasteiger partial charge in [-0.15, -0.1) is 0 Å². The number of amides is 1. The molecule has 0 aliphatic rings. The Balaban J connectivity index is 2.16. The average Bonchev–Trinajstić information content (AvgIpc) is 2.70. The minimum absolute atomic E-state index is 0.110. The molecule has 3 atom stereocenters. The molecular formula is C21H23ClFNO6. The van der Waals surface area contributed by atoms with Crippen molar-refractivity contribution in [2.75, 3.05) is 6.61 Å². The van der Waals surface area contributed by atoms with Gasteiger partial charge in [0.1, 0.15) is 5.82 Å². The summed E-state index contributed by atoms with van der Waals surface area (Å²) in [6, 6.07) is 10.2. The minimum atomic E-state index is -1.70. The lowest BCUT2D eigenvalue weighted by molar-refractivity contribution is -0.158. The van der Waals surface area contributed by atoms with Gasteiger partial charge in [0.2, 0.25) is 6.29 Å². The van der Waals surface area contributed by atoms with Gasteiger partial charge in [-0.3, -0.25) is 4.79 Å². The van der Waals surface area contributed by atoms with Crippen LogP contribution in [0.4, 0.5) is 4.39 Å². The fourth-order valence-corrected chi connectivity index (χ4v) is 3.07. The number of aliphatic hydroxyl groups excluding tert-OH is 2. The normalized spacial score (nSPS) is 14.0. The first-order valence-corrected chi connectivity index (χ1v) is 9.64. The number of ether oxygens (including phenoxy) is 1. The van der Waals surface area contributed by atoms with Crippen molar-refractivity contribution >= 4 is 23.5 Å². The van der Waals surface area contributed by atoms with Gasteiger partial charge in [-0.05, 0) is 42.7 Å². The Bertz CT molecular complexity index is 876. The number of aliphatic carboxylic acids is 1. The van der Waals surface area contributed by atoms with Crippen LogP contribution >= 0.6 is 11.6 Å². The molecule has 0 aromatic heterocycles. The molecular weight excluding hydrogens is 417 g/mol. The van der Waals surface area contributed by atoms with Crippen molar-refractivity contribution in [2.45, 2.75) is 38.2 Å². The Hall–Kier alpha value is -2.52. The second kappa shape index (κ2) is 11.0. The maximum Gasteiger partial charge on any atom is 0.332 e. The van der Waals surface area contributed by atoms with Gasteiger partial charge in [-0.2, -0.15) is 0 Å². The van der Waals surface area contributed by atoms with E-state index in [2.05, 4.69) is 5.32 Å². The van der Waals surface area contributed by atoms with E-state index >= 15 is 0 Å². The van der Waals surface area contributed by atoms with Crippen LogP contribution in [-0.4, -0.2) is 52.2 Å². The van der Waals surface area contributed by atoms with Crippen LogP contribution in [0.2, 0.25) is 5.02 Å². The van der Waals surface area contributed by atoms with Crippen molar-refractivity contribution in [1.29, 1.82) is 0 Å². The zero-order chi connectivity index (χ0) is 22.3. The van der Waals surface area contributed by atoms with E-state index in [0.717, 1.165) is 0 Å². The number of nitrogens with one attached hydrogen (secondary N) is 1. The van der Waals surface area contributed by atoms with Gasteiger partial charge in [0.05, 0.1) is 0 Å². The van der Waals surface area contributed by atoms with Crippen LogP contribution in [0.25, 0.3) is 11.1 Å². The van der Waals surface area contributed by atoms with Gasteiger partial charge in [0.15, 0.2) is 6.10 Å². The highest BCUT2D eigenvalue weighted by Gasteiger charge is 2.24. The average molecular weight is 440 g/mol. The lowest BCUT2D eigenvalue weighted by Crippen LogP contribution is -2.45. The van der Waals surface area contributed by atoms with Gasteiger partial charge < -0.3 is 25.4 Å². The molecule has 0 fully saturated rings. The zero-order valence-electron chi connectivity index (χ0n) is 16.2. The molecule has 0 spiro atoms. The van der Waals surface area contributed by atoms with Gasteiger partial charge in [0.25, 0.3) is 5.91 Å². The topological polar surface area (TPSA) is 116 Å².